The normalized spacial score (nSPS) is 11.6. The van der Waals surface area contributed by atoms with Gasteiger partial charge in [-0.05, 0) is 44.9 Å². The molecule has 1 unspecified atom stereocenters. The van der Waals surface area contributed by atoms with E-state index in [0.717, 1.165) is 22.3 Å². The Morgan fingerprint density at radius 3 is 2.26 bits per heavy atom. The summed E-state index contributed by atoms with van der Waals surface area (Å²) in [7, 11) is 1.57. The van der Waals surface area contributed by atoms with E-state index in [-0.39, 0.29) is 18.4 Å². The molecule has 0 aliphatic rings. The zero-order chi connectivity index (χ0) is 20.0. The molecule has 0 aliphatic carbocycles. The van der Waals surface area contributed by atoms with Crippen molar-refractivity contribution < 1.29 is 14.3 Å². The fourth-order valence-corrected chi connectivity index (χ4v) is 2.87. The van der Waals surface area contributed by atoms with Crippen LogP contribution in [-0.2, 0) is 16.1 Å². The second-order valence-corrected chi connectivity index (χ2v) is 6.86. The lowest BCUT2D eigenvalue weighted by Gasteiger charge is -2.28. The average Bonchev–Trinajstić information content (AvgIpc) is 2.65. The number of rotatable bonds is 7. The first-order valence-corrected chi connectivity index (χ1v) is 9.08. The van der Waals surface area contributed by atoms with Crippen molar-refractivity contribution in [2.24, 2.45) is 0 Å². The number of ether oxygens (including phenoxy) is 1. The standard InChI is InChI=1S/C22H28N2O3/c1-15-6-9-19(10-7-15)13-24(18(4)22(26)23-5)21(25)14-27-20-11-8-16(2)12-17(20)3/h6-12,18H,13-14H2,1-5H3,(H,23,26). The van der Waals surface area contributed by atoms with Crippen LogP contribution < -0.4 is 10.1 Å². The van der Waals surface area contributed by atoms with Crippen LogP contribution in [0.4, 0.5) is 0 Å². The first-order chi connectivity index (χ1) is 12.8. The number of carbonyl (C=O) groups excluding carboxylic acids is 2. The summed E-state index contributed by atoms with van der Waals surface area (Å²) in [5, 5.41) is 2.61. The van der Waals surface area contributed by atoms with Crippen LogP contribution in [0.25, 0.3) is 0 Å². The molecule has 0 saturated heterocycles. The number of nitrogens with zero attached hydrogens (tertiary/aromatic N) is 1. The van der Waals surface area contributed by atoms with Gasteiger partial charge in [0.25, 0.3) is 5.91 Å². The number of likely N-dealkylation sites (N-methyl/N-ethyl adjacent to an activating group) is 1. The zero-order valence-corrected chi connectivity index (χ0v) is 16.7. The van der Waals surface area contributed by atoms with Crippen LogP contribution in [0.3, 0.4) is 0 Å². The van der Waals surface area contributed by atoms with Crippen molar-refractivity contribution in [3.63, 3.8) is 0 Å². The van der Waals surface area contributed by atoms with Crippen molar-refractivity contribution in [1.82, 2.24) is 10.2 Å². The van der Waals surface area contributed by atoms with Gasteiger partial charge in [-0.15, -0.1) is 0 Å². The minimum Gasteiger partial charge on any atom is -0.483 e. The van der Waals surface area contributed by atoms with Crippen molar-refractivity contribution in [3.8, 4) is 5.75 Å². The highest BCUT2D eigenvalue weighted by molar-refractivity contribution is 5.87. The van der Waals surface area contributed by atoms with E-state index in [9.17, 15) is 9.59 Å². The van der Waals surface area contributed by atoms with Gasteiger partial charge < -0.3 is 15.0 Å². The van der Waals surface area contributed by atoms with Gasteiger partial charge in [0.2, 0.25) is 5.91 Å². The van der Waals surface area contributed by atoms with Crippen molar-refractivity contribution in [2.75, 3.05) is 13.7 Å². The SMILES string of the molecule is CNC(=O)C(C)N(Cc1ccc(C)cc1)C(=O)COc1ccc(C)cc1C. The van der Waals surface area contributed by atoms with E-state index in [2.05, 4.69) is 5.32 Å². The highest BCUT2D eigenvalue weighted by Crippen LogP contribution is 2.19. The van der Waals surface area contributed by atoms with E-state index >= 15 is 0 Å². The van der Waals surface area contributed by atoms with Gasteiger partial charge in [0.05, 0.1) is 0 Å². The third-order valence-corrected chi connectivity index (χ3v) is 4.57. The third kappa shape index (κ3) is 5.58. The van der Waals surface area contributed by atoms with Gasteiger partial charge in [-0.3, -0.25) is 9.59 Å². The average molecular weight is 368 g/mol. The summed E-state index contributed by atoms with van der Waals surface area (Å²) in [6.45, 7) is 7.93. The molecule has 2 amide bonds. The summed E-state index contributed by atoms with van der Waals surface area (Å²) in [6.07, 6.45) is 0. The lowest BCUT2D eigenvalue weighted by molar-refractivity contribution is -0.142. The molecular formula is C22H28N2O3. The predicted molar refractivity (Wildman–Crippen MR) is 107 cm³/mol. The second-order valence-electron chi connectivity index (χ2n) is 6.86. The Labute approximate surface area is 161 Å². The van der Waals surface area contributed by atoms with Gasteiger partial charge in [0.1, 0.15) is 11.8 Å². The summed E-state index contributed by atoms with van der Waals surface area (Å²) in [4.78, 5) is 26.5. The monoisotopic (exact) mass is 368 g/mol. The molecular weight excluding hydrogens is 340 g/mol. The van der Waals surface area contributed by atoms with Gasteiger partial charge in [-0.2, -0.15) is 0 Å². The molecule has 0 aromatic heterocycles. The van der Waals surface area contributed by atoms with E-state index in [4.69, 9.17) is 4.74 Å². The summed E-state index contributed by atoms with van der Waals surface area (Å²) in [5.41, 5.74) is 4.23. The molecule has 0 spiro atoms. The Morgan fingerprint density at radius 1 is 1.04 bits per heavy atom. The lowest BCUT2D eigenvalue weighted by Crippen LogP contribution is -2.48. The fourth-order valence-electron chi connectivity index (χ4n) is 2.87. The van der Waals surface area contributed by atoms with Crippen LogP contribution >= 0.6 is 0 Å². The molecule has 2 aromatic rings. The van der Waals surface area contributed by atoms with Gasteiger partial charge in [-0.25, -0.2) is 0 Å². The molecule has 1 N–H and O–H groups in total. The molecule has 0 saturated carbocycles. The summed E-state index contributed by atoms with van der Waals surface area (Å²) < 4.78 is 5.73. The summed E-state index contributed by atoms with van der Waals surface area (Å²) >= 11 is 0. The molecule has 2 rings (SSSR count). The summed E-state index contributed by atoms with van der Waals surface area (Å²) in [5.74, 6) is 0.241. The zero-order valence-electron chi connectivity index (χ0n) is 16.7. The molecule has 1 atom stereocenters. The Kier molecular flexibility index (Phi) is 6.99. The maximum absolute atomic E-state index is 12.8. The Morgan fingerprint density at radius 2 is 1.67 bits per heavy atom. The van der Waals surface area contributed by atoms with Crippen LogP contribution in [0.1, 0.15) is 29.2 Å². The molecule has 2 aromatic carbocycles. The number of nitrogens with one attached hydrogen (secondary N) is 1. The maximum atomic E-state index is 12.8. The molecule has 0 heterocycles. The largest absolute Gasteiger partial charge is 0.483 e. The fraction of sp³-hybridized carbons (Fsp3) is 0.364. The van der Waals surface area contributed by atoms with Crippen molar-refractivity contribution in [3.05, 3.63) is 64.7 Å². The molecule has 27 heavy (non-hydrogen) atoms. The smallest absolute Gasteiger partial charge is 0.261 e. The van der Waals surface area contributed by atoms with Crippen LogP contribution in [0, 0.1) is 20.8 Å². The minimum atomic E-state index is -0.591. The Balaban J connectivity index is 2.14. The van der Waals surface area contributed by atoms with Crippen LogP contribution in [0.5, 0.6) is 5.75 Å². The quantitative estimate of drug-likeness (QED) is 0.817. The van der Waals surface area contributed by atoms with E-state index < -0.39 is 6.04 Å². The Bertz CT molecular complexity index is 800. The van der Waals surface area contributed by atoms with E-state index in [0.29, 0.717) is 12.3 Å². The second kappa shape index (κ2) is 9.21. The number of hydrogen-bond acceptors (Lipinski definition) is 3. The first kappa shape index (κ1) is 20.5. The lowest BCUT2D eigenvalue weighted by atomic mass is 10.1. The van der Waals surface area contributed by atoms with Crippen LogP contribution in [-0.4, -0.2) is 36.4 Å². The highest BCUT2D eigenvalue weighted by atomic mass is 16.5. The third-order valence-electron chi connectivity index (χ3n) is 4.57. The first-order valence-electron chi connectivity index (χ1n) is 9.08. The van der Waals surface area contributed by atoms with Crippen LogP contribution in [0.2, 0.25) is 0 Å². The molecule has 5 nitrogen and oxygen atoms in total. The van der Waals surface area contributed by atoms with E-state index in [1.165, 1.54) is 0 Å². The molecule has 0 radical (unpaired) electrons. The van der Waals surface area contributed by atoms with Gasteiger partial charge in [0, 0.05) is 13.6 Å². The minimum absolute atomic E-state index is 0.114. The number of benzene rings is 2. The number of amides is 2. The van der Waals surface area contributed by atoms with Crippen LogP contribution in [0.15, 0.2) is 42.5 Å². The predicted octanol–water partition coefficient (Wildman–Crippen LogP) is 3.15. The van der Waals surface area contributed by atoms with Gasteiger partial charge in [0.15, 0.2) is 6.61 Å². The maximum Gasteiger partial charge on any atom is 0.261 e. The number of aryl methyl sites for hydroxylation is 3. The highest BCUT2D eigenvalue weighted by Gasteiger charge is 2.25. The Hall–Kier alpha value is -2.82. The molecule has 5 heteroatoms. The van der Waals surface area contributed by atoms with E-state index in [1.807, 2.05) is 63.2 Å². The van der Waals surface area contributed by atoms with Crippen molar-refractivity contribution in [1.29, 1.82) is 0 Å². The summed E-state index contributed by atoms with van der Waals surface area (Å²) in [6, 6.07) is 13.2. The molecule has 0 bridgehead atoms. The van der Waals surface area contributed by atoms with Gasteiger partial charge >= 0.3 is 0 Å². The van der Waals surface area contributed by atoms with Crippen molar-refractivity contribution in [2.45, 2.75) is 40.3 Å². The topological polar surface area (TPSA) is 58.6 Å². The van der Waals surface area contributed by atoms with Gasteiger partial charge in [-0.1, -0.05) is 47.5 Å². The molecule has 144 valence electrons. The number of hydrogen-bond donors (Lipinski definition) is 1. The van der Waals surface area contributed by atoms with E-state index in [1.54, 1.807) is 18.9 Å². The van der Waals surface area contributed by atoms with Crippen molar-refractivity contribution >= 4 is 11.8 Å². The molecule has 0 aliphatic heterocycles. The molecule has 0 fully saturated rings. The number of carbonyl (C=O) groups is 2.